The van der Waals surface area contributed by atoms with Crippen molar-refractivity contribution in [3.05, 3.63) is 24.0 Å². The molecule has 0 radical (unpaired) electrons. The Morgan fingerprint density at radius 2 is 2.00 bits per heavy atom. The van der Waals surface area contributed by atoms with Crippen molar-refractivity contribution >= 4 is 5.78 Å². The number of carbonyl (C=O) groups is 1. The summed E-state index contributed by atoms with van der Waals surface area (Å²) in [4.78, 5) is 15.1. The van der Waals surface area contributed by atoms with Crippen molar-refractivity contribution in [2.24, 2.45) is 0 Å². The Labute approximate surface area is 103 Å². The molecule has 3 rings (SSSR count). The number of ketones is 1. The van der Waals surface area contributed by atoms with Crippen molar-refractivity contribution in [3.8, 4) is 23.0 Å². The summed E-state index contributed by atoms with van der Waals surface area (Å²) in [5, 5.41) is 3.60. The minimum Gasteiger partial charge on any atom is -0.486 e. The van der Waals surface area contributed by atoms with Gasteiger partial charge in [0.05, 0.1) is 0 Å². The summed E-state index contributed by atoms with van der Waals surface area (Å²) in [6.45, 7) is 2.44. The lowest BCUT2D eigenvalue weighted by Gasteiger charge is -2.18. The minimum atomic E-state index is -0.234. The van der Waals surface area contributed by atoms with Gasteiger partial charge in [-0.2, -0.15) is 4.98 Å². The largest absolute Gasteiger partial charge is 0.486 e. The van der Waals surface area contributed by atoms with Gasteiger partial charge in [0, 0.05) is 12.5 Å². The molecular formula is C12H10N2O4. The lowest BCUT2D eigenvalue weighted by molar-refractivity contribution is 0.100. The summed E-state index contributed by atoms with van der Waals surface area (Å²) in [7, 11) is 0. The standard InChI is InChI=1S/C12H10N2O4/c1-7(15)11-13-12(18-14-11)8-2-3-9-10(6-8)17-5-4-16-9/h2-3,6H,4-5H2,1H3. The minimum absolute atomic E-state index is 0.0693. The highest BCUT2D eigenvalue weighted by Crippen LogP contribution is 2.33. The van der Waals surface area contributed by atoms with Crippen LogP contribution in [0.25, 0.3) is 11.5 Å². The number of hydrogen-bond acceptors (Lipinski definition) is 6. The molecule has 0 N–H and O–H groups in total. The molecule has 92 valence electrons. The molecule has 1 aromatic carbocycles. The number of fused-ring (bicyclic) bond motifs is 1. The van der Waals surface area contributed by atoms with Gasteiger partial charge in [-0.1, -0.05) is 5.16 Å². The fourth-order valence-corrected chi connectivity index (χ4v) is 1.66. The number of rotatable bonds is 2. The molecule has 0 unspecified atom stereocenters. The zero-order valence-corrected chi connectivity index (χ0v) is 9.67. The van der Waals surface area contributed by atoms with E-state index < -0.39 is 0 Å². The van der Waals surface area contributed by atoms with E-state index in [0.29, 0.717) is 30.3 Å². The molecule has 0 spiro atoms. The second kappa shape index (κ2) is 4.14. The first-order valence-electron chi connectivity index (χ1n) is 5.49. The summed E-state index contributed by atoms with van der Waals surface area (Å²) in [5.41, 5.74) is 0.694. The molecule has 0 aliphatic carbocycles. The molecule has 6 heteroatoms. The van der Waals surface area contributed by atoms with E-state index in [1.807, 2.05) is 0 Å². The summed E-state index contributed by atoms with van der Waals surface area (Å²) in [5.74, 6) is 1.46. The number of ether oxygens (including phenoxy) is 2. The van der Waals surface area contributed by atoms with E-state index in [1.165, 1.54) is 6.92 Å². The molecule has 0 saturated heterocycles. The van der Waals surface area contributed by atoms with Crippen molar-refractivity contribution in [1.29, 1.82) is 0 Å². The van der Waals surface area contributed by atoms with Crippen LogP contribution >= 0.6 is 0 Å². The van der Waals surface area contributed by atoms with E-state index in [0.717, 1.165) is 0 Å². The van der Waals surface area contributed by atoms with Gasteiger partial charge in [-0.05, 0) is 18.2 Å². The van der Waals surface area contributed by atoms with Gasteiger partial charge in [-0.15, -0.1) is 0 Å². The van der Waals surface area contributed by atoms with Gasteiger partial charge in [0.2, 0.25) is 11.6 Å². The third-order valence-electron chi connectivity index (χ3n) is 2.53. The van der Waals surface area contributed by atoms with Crippen LogP contribution in [0.2, 0.25) is 0 Å². The first-order chi connectivity index (χ1) is 8.74. The van der Waals surface area contributed by atoms with Crippen LogP contribution in [0.3, 0.4) is 0 Å². The summed E-state index contributed by atoms with van der Waals surface area (Å²) >= 11 is 0. The fraction of sp³-hybridized carbons (Fsp3) is 0.250. The first kappa shape index (κ1) is 10.8. The average Bonchev–Trinajstić information content (AvgIpc) is 2.88. The Balaban J connectivity index is 1.98. The summed E-state index contributed by atoms with van der Waals surface area (Å²) in [6.07, 6.45) is 0. The number of nitrogens with zero attached hydrogens (tertiary/aromatic N) is 2. The average molecular weight is 246 g/mol. The van der Waals surface area contributed by atoms with Crippen LogP contribution in [0.4, 0.5) is 0 Å². The van der Waals surface area contributed by atoms with Crippen LogP contribution in [-0.4, -0.2) is 29.1 Å². The second-order valence-corrected chi connectivity index (χ2v) is 3.84. The second-order valence-electron chi connectivity index (χ2n) is 3.84. The van der Waals surface area contributed by atoms with E-state index in [2.05, 4.69) is 10.1 Å². The number of hydrogen-bond donors (Lipinski definition) is 0. The molecule has 1 aliphatic rings. The Bertz CT molecular complexity index is 606. The molecule has 18 heavy (non-hydrogen) atoms. The SMILES string of the molecule is CC(=O)c1noc(-c2ccc3c(c2)OCCO3)n1. The van der Waals surface area contributed by atoms with Gasteiger partial charge in [-0.25, -0.2) is 0 Å². The summed E-state index contributed by atoms with van der Waals surface area (Å²) in [6, 6.07) is 5.32. The lowest BCUT2D eigenvalue weighted by Crippen LogP contribution is -2.15. The number of carbonyl (C=O) groups excluding carboxylic acids is 1. The Morgan fingerprint density at radius 1 is 1.22 bits per heavy atom. The van der Waals surface area contributed by atoms with Crippen molar-refractivity contribution < 1.29 is 18.8 Å². The Kier molecular flexibility index (Phi) is 2.47. The Hall–Kier alpha value is -2.37. The molecule has 6 nitrogen and oxygen atoms in total. The zero-order valence-electron chi connectivity index (χ0n) is 9.67. The third kappa shape index (κ3) is 1.81. The molecule has 0 fully saturated rings. The van der Waals surface area contributed by atoms with Gasteiger partial charge in [-0.3, -0.25) is 4.79 Å². The highest BCUT2D eigenvalue weighted by Gasteiger charge is 2.16. The molecule has 1 aromatic heterocycles. The fourth-order valence-electron chi connectivity index (χ4n) is 1.66. The van der Waals surface area contributed by atoms with Crippen LogP contribution in [0.1, 0.15) is 17.5 Å². The van der Waals surface area contributed by atoms with Crippen LogP contribution in [0, 0.1) is 0 Å². The number of Topliss-reactive ketones (excluding diaryl/α,β-unsaturated/α-hetero) is 1. The van der Waals surface area contributed by atoms with Crippen LogP contribution < -0.4 is 9.47 Å². The maximum atomic E-state index is 11.1. The first-order valence-corrected chi connectivity index (χ1v) is 5.49. The monoisotopic (exact) mass is 246 g/mol. The van der Waals surface area contributed by atoms with E-state index in [1.54, 1.807) is 18.2 Å². The van der Waals surface area contributed by atoms with Crippen molar-refractivity contribution in [2.75, 3.05) is 13.2 Å². The molecule has 0 bridgehead atoms. The maximum Gasteiger partial charge on any atom is 0.258 e. The van der Waals surface area contributed by atoms with E-state index in [-0.39, 0.29) is 17.5 Å². The smallest absolute Gasteiger partial charge is 0.258 e. The molecule has 1 aliphatic heterocycles. The highest BCUT2D eigenvalue weighted by atomic mass is 16.6. The number of benzene rings is 1. The maximum absolute atomic E-state index is 11.1. The predicted molar refractivity (Wildman–Crippen MR) is 60.7 cm³/mol. The molecule has 0 amide bonds. The van der Waals surface area contributed by atoms with Gasteiger partial charge in [0.15, 0.2) is 11.5 Å². The van der Waals surface area contributed by atoms with Gasteiger partial charge < -0.3 is 14.0 Å². The van der Waals surface area contributed by atoms with Crippen molar-refractivity contribution in [2.45, 2.75) is 6.92 Å². The summed E-state index contributed by atoms with van der Waals surface area (Å²) < 4.78 is 15.9. The van der Waals surface area contributed by atoms with E-state index >= 15 is 0 Å². The topological polar surface area (TPSA) is 74.5 Å². The Morgan fingerprint density at radius 3 is 2.72 bits per heavy atom. The highest BCUT2D eigenvalue weighted by molar-refractivity contribution is 5.90. The third-order valence-corrected chi connectivity index (χ3v) is 2.53. The van der Waals surface area contributed by atoms with E-state index in [9.17, 15) is 4.79 Å². The lowest BCUT2D eigenvalue weighted by atomic mass is 10.2. The van der Waals surface area contributed by atoms with Crippen molar-refractivity contribution in [1.82, 2.24) is 10.1 Å². The molecule has 0 atom stereocenters. The van der Waals surface area contributed by atoms with Crippen LogP contribution in [0.5, 0.6) is 11.5 Å². The van der Waals surface area contributed by atoms with Crippen LogP contribution in [0.15, 0.2) is 22.7 Å². The van der Waals surface area contributed by atoms with E-state index in [4.69, 9.17) is 14.0 Å². The molecule has 0 saturated carbocycles. The van der Waals surface area contributed by atoms with Gasteiger partial charge in [0.1, 0.15) is 13.2 Å². The normalized spacial score (nSPS) is 13.4. The molecular weight excluding hydrogens is 236 g/mol. The zero-order chi connectivity index (χ0) is 12.5. The predicted octanol–water partition coefficient (Wildman–Crippen LogP) is 1.71. The molecule has 2 heterocycles. The van der Waals surface area contributed by atoms with Gasteiger partial charge in [0.25, 0.3) is 5.89 Å². The number of aromatic nitrogens is 2. The van der Waals surface area contributed by atoms with Crippen molar-refractivity contribution in [3.63, 3.8) is 0 Å². The van der Waals surface area contributed by atoms with Crippen LogP contribution in [-0.2, 0) is 0 Å². The molecule has 2 aromatic rings. The quantitative estimate of drug-likeness (QED) is 0.751. The van der Waals surface area contributed by atoms with Gasteiger partial charge >= 0.3 is 0 Å².